The second-order valence-corrected chi connectivity index (χ2v) is 4.17. The van der Waals surface area contributed by atoms with Gasteiger partial charge in [-0.05, 0) is 37.1 Å². The zero-order chi connectivity index (χ0) is 12.8. The standard InChI is InChI=1S/C13H19NO2S/c1-4-13(17)10-8-11(15-2)9(5-6-14)7-12(10)16-3/h7-8H,4-6,14H2,1-3H3. The van der Waals surface area contributed by atoms with Crippen molar-refractivity contribution in [2.45, 2.75) is 19.8 Å². The van der Waals surface area contributed by atoms with E-state index >= 15 is 0 Å². The number of nitrogens with two attached hydrogens (primary N) is 1. The Kier molecular flexibility index (Phi) is 5.38. The molecule has 0 radical (unpaired) electrons. The first-order valence-electron chi connectivity index (χ1n) is 5.66. The fourth-order valence-electron chi connectivity index (χ4n) is 1.72. The van der Waals surface area contributed by atoms with Crippen LogP contribution in [0.4, 0.5) is 0 Å². The van der Waals surface area contributed by atoms with Gasteiger partial charge in [0.05, 0.1) is 14.2 Å². The van der Waals surface area contributed by atoms with Gasteiger partial charge in [-0.1, -0.05) is 19.1 Å². The number of hydrogen-bond acceptors (Lipinski definition) is 4. The van der Waals surface area contributed by atoms with Crippen LogP contribution in [-0.2, 0) is 6.42 Å². The molecule has 1 rings (SSSR count). The smallest absolute Gasteiger partial charge is 0.127 e. The van der Waals surface area contributed by atoms with Gasteiger partial charge < -0.3 is 15.2 Å². The van der Waals surface area contributed by atoms with Crippen molar-refractivity contribution in [3.63, 3.8) is 0 Å². The summed E-state index contributed by atoms with van der Waals surface area (Å²) in [6.45, 7) is 2.61. The molecule has 1 aromatic rings. The van der Waals surface area contributed by atoms with Crippen molar-refractivity contribution in [1.29, 1.82) is 0 Å². The molecule has 0 amide bonds. The molecule has 2 N–H and O–H groups in total. The van der Waals surface area contributed by atoms with Crippen molar-refractivity contribution in [2.75, 3.05) is 20.8 Å². The Morgan fingerprint density at radius 1 is 1.24 bits per heavy atom. The lowest BCUT2D eigenvalue weighted by molar-refractivity contribution is 0.398. The molecule has 0 aliphatic heterocycles. The molecule has 0 aliphatic carbocycles. The molecule has 0 aliphatic rings. The summed E-state index contributed by atoms with van der Waals surface area (Å²) in [4.78, 5) is 0.874. The zero-order valence-corrected chi connectivity index (χ0v) is 11.4. The average molecular weight is 253 g/mol. The lowest BCUT2D eigenvalue weighted by Gasteiger charge is -2.14. The molecule has 3 nitrogen and oxygen atoms in total. The number of thiocarbonyl (C=S) groups is 1. The molecule has 94 valence electrons. The lowest BCUT2D eigenvalue weighted by Crippen LogP contribution is -2.07. The van der Waals surface area contributed by atoms with Crippen LogP contribution in [0.3, 0.4) is 0 Å². The molecule has 0 heterocycles. The third-order valence-electron chi connectivity index (χ3n) is 2.64. The quantitative estimate of drug-likeness (QED) is 0.624. The van der Waals surface area contributed by atoms with Crippen LogP contribution in [-0.4, -0.2) is 25.6 Å². The van der Waals surface area contributed by atoms with Gasteiger partial charge in [-0.2, -0.15) is 0 Å². The van der Waals surface area contributed by atoms with Crippen LogP contribution in [0.1, 0.15) is 24.5 Å². The zero-order valence-electron chi connectivity index (χ0n) is 10.6. The highest BCUT2D eigenvalue weighted by Gasteiger charge is 2.13. The molecule has 0 unspecified atom stereocenters. The molecule has 1 aromatic carbocycles. The molecule has 0 saturated carbocycles. The second kappa shape index (κ2) is 6.57. The Hall–Kier alpha value is -1.13. The van der Waals surface area contributed by atoms with Gasteiger partial charge in [0, 0.05) is 10.4 Å². The first-order chi connectivity index (χ1) is 8.17. The van der Waals surface area contributed by atoms with Crippen LogP contribution < -0.4 is 15.2 Å². The van der Waals surface area contributed by atoms with E-state index in [0.29, 0.717) is 6.54 Å². The summed E-state index contributed by atoms with van der Waals surface area (Å²) in [5.74, 6) is 1.61. The Morgan fingerprint density at radius 2 is 1.88 bits per heavy atom. The average Bonchev–Trinajstić information content (AvgIpc) is 2.37. The summed E-state index contributed by atoms with van der Waals surface area (Å²) in [5.41, 5.74) is 7.56. The topological polar surface area (TPSA) is 44.5 Å². The van der Waals surface area contributed by atoms with E-state index < -0.39 is 0 Å². The third-order valence-corrected chi connectivity index (χ3v) is 3.15. The Morgan fingerprint density at radius 3 is 2.35 bits per heavy atom. The highest BCUT2D eigenvalue weighted by atomic mass is 32.1. The Bertz CT molecular complexity index is 405. The Balaban J connectivity index is 3.27. The summed E-state index contributed by atoms with van der Waals surface area (Å²) in [5, 5.41) is 0. The minimum atomic E-state index is 0.580. The SMILES string of the molecule is CCC(=S)c1cc(OC)c(CCN)cc1OC. The molecule has 0 bridgehead atoms. The predicted octanol–water partition coefficient (Wildman–Crippen LogP) is 2.33. The highest BCUT2D eigenvalue weighted by Crippen LogP contribution is 2.30. The lowest BCUT2D eigenvalue weighted by atomic mass is 10.0. The molecule has 4 heteroatoms. The van der Waals surface area contributed by atoms with Gasteiger partial charge in [-0.3, -0.25) is 0 Å². The van der Waals surface area contributed by atoms with Crippen LogP contribution in [0.15, 0.2) is 12.1 Å². The summed E-state index contributed by atoms with van der Waals surface area (Å²) in [6.07, 6.45) is 1.57. The number of ether oxygens (including phenoxy) is 2. The van der Waals surface area contributed by atoms with Gasteiger partial charge in [0.15, 0.2) is 0 Å². The van der Waals surface area contributed by atoms with Gasteiger partial charge in [-0.15, -0.1) is 0 Å². The van der Waals surface area contributed by atoms with Crippen molar-refractivity contribution in [3.8, 4) is 11.5 Å². The number of rotatable bonds is 6. The second-order valence-electron chi connectivity index (χ2n) is 3.68. The number of methoxy groups -OCH3 is 2. The molecule has 0 spiro atoms. The molecule has 17 heavy (non-hydrogen) atoms. The predicted molar refractivity (Wildman–Crippen MR) is 74.3 cm³/mol. The van der Waals surface area contributed by atoms with Gasteiger partial charge >= 0.3 is 0 Å². The summed E-state index contributed by atoms with van der Waals surface area (Å²) >= 11 is 5.33. The monoisotopic (exact) mass is 253 g/mol. The maximum absolute atomic E-state index is 5.58. The van der Waals surface area contributed by atoms with Crippen molar-refractivity contribution >= 4 is 17.1 Å². The van der Waals surface area contributed by atoms with E-state index in [1.165, 1.54) is 0 Å². The van der Waals surface area contributed by atoms with Crippen LogP contribution in [0.2, 0.25) is 0 Å². The van der Waals surface area contributed by atoms with E-state index in [-0.39, 0.29) is 0 Å². The largest absolute Gasteiger partial charge is 0.496 e. The first-order valence-corrected chi connectivity index (χ1v) is 6.06. The molecule has 0 saturated heterocycles. The molecular weight excluding hydrogens is 234 g/mol. The van der Waals surface area contributed by atoms with Gasteiger partial charge in [0.25, 0.3) is 0 Å². The maximum atomic E-state index is 5.58. The van der Waals surface area contributed by atoms with E-state index in [1.807, 2.05) is 19.1 Å². The van der Waals surface area contributed by atoms with Crippen LogP contribution in [0, 0.1) is 0 Å². The third kappa shape index (κ3) is 3.17. The number of benzene rings is 1. The van der Waals surface area contributed by atoms with E-state index in [1.54, 1.807) is 14.2 Å². The highest BCUT2D eigenvalue weighted by molar-refractivity contribution is 7.80. The van der Waals surface area contributed by atoms with E-state index in [9.17, 15) is 0 Å². The van der Waals surface area contributed by atoms with Crippen LogP contribution in [0.25, 0.3) is 0 Å². The first kappa shape index (κ1) is 13.9. The number of hydrogen-bond donors (Lipinski definition) is 1. The summed E-state index contributed by atoms with van der Waals surface area (Å²) in [6, 6.07) is 3.90. The molecule has 0 aromatic heterocycles. The van der Waals surface area contributed by atoms with Gasteiger partial charge in [0.1, 0.15) is 11.5 Å². The van der Waals surface area contributed by atoms with Crippen molar-refractivity contribution in [1.82, 2.24) is 0 Å². The van der Waals surface area contributed by atoms with E-state index in [2.05, 4.69) is 0 Å². The van der Waals surface area contributed by atoms with Crippen molar-refractivity contribution < 1.29 is 9.47 Å². The fourth-order valence-corrected chi connectivity index (χ4v) is 1.88. The van der Waals surface area contributed by atoms with Gasteiger partial charge in [0.2, 0.25) is 0 Å². The Labute approximate surface area is 108 Å². The minimum absolute atomic E-state index is 0.580. The normalized spacial score (nSPS) is 10.1. The molecule has 0 fully saturated rings. The van der Waals surface area contributed by atoms with Crippen molar-refractivity contribution in [2.24, 2.45) is 5.73 Å². The van der Waals surface area contributed by atoms with Crippen LogP contribution in [0.5, 0.6) is 11.5 Å². The minimum Gasteiger partial charge on any atom is -0.496 e. The van der Waals surface area contributed by atoms with Gasteiger partial charge in [-0.25, -0.2) is 0 Å². The summed E-state index contributed by atoms with van der Waals surface area (Å²) in [7, 11) is 3.30. The maximum Gasteiger partial charge on any atom is 0.127 e. The van der Waals surface area contributed by atoms with E-state index in [0.717, 1.165) is 40.3 Å². The summed E-state index contributed by atoms with van der Waals surface area (Å²) < 4.78 is 10.7. The fraction of sp³-hybridized carbons (Fsp3) is 0.462. The van der Waals surface area contributed by atoms with E-state index in [4.69, 9.17) is 27.4 Å². The van der Waals surface area contributed by atoms with Crippen molar-refractivity contribution in [3.05, 3.63) is 23.3 Å². The molecular formula is C13H19NO2S. The molecule has 0 atom stereocenters. The van der Waals surface area contributed by atoms with Crippen LogP contribution >= 0.6 is 12.2 Å².